The molecule has 0 aliphatic carbocycles. The van der Waals surface area contributed by atoms with E-state index in [-0.39, 0.29) is 0 Å². The first kappa shape index (κ1) is 21.5. The number of aromatic nitrogens is 2. The number of benzene rings is 5. The summed E-state index contributed by atoms with van der Waals surface area (Å²) in [7, 11) is 0. The highest BCUT2D eigenvalue weighted by Crippen LogP contribution is 2.42. The van der Waals surface area contributed by atoms with Gasteiger partial charge in [0.1, 0.15) is 0 Å². The Balaban J connectivity index is 1.60. The van der Waals surface area contributed by atoms with Crippen molar-refractivity contribution in [3.63, 3.8) is 0 Å². The molecule has 0 spiro atoms. The van der Waals surface area contributed by atoms with Crippen LogP contribution in [0.25, 0.3) is 60.6 Å². The fraction of sp³-hybridized carbons (Fsp3) is 0.0286. The molecule has 2 aromatic heterocycles. The Morgan fingerprint density at radius 2 is 1.03 bits per heavy atom. The van der Waals surface area contributed by atoms with Crippen LogP contribution in [-0.4, -0.2) is 9.13 Å². The van der Waals surface area contributed by atoms with Gasteiger partial charge in [-0.15, -0.1) is 0 Å². The smallest absolute Gasteiger partial charge is 0.0548 e. The van der Waals surface area contributed by atoms with Crippen molar-refractivity contribution >= 4 is 49.2 Å². The molecular weight excluding hydrogens is 448 g/mol. The Labute approximate surface area is 216 Å². The molecule has 176 valence electrons. The van der Waals surface area contributed by atoms with E-state index in [9.17, 15) is 0 Å². The molecule has 5 aromatic carbocycles. The standard InChI is InChI=1S/C35H26N2/c1-3-24(4-2)25-18-20-27(21-19-25)37-31-17-11-9-15-29(31)35-33(37)23-22-32-34(35)28-14-8-10-16-30(28)36(32)26-12-6-5-7-13-26/h3-23H,1H2,2H3/b24-4+. The normalized spacial score (nSPS) is 12.2. The van der Waals surface area contributed by atoms with E-state index in [1.807, 2.05) is 6.08 Å². The van der Waals surface area contributed by atoms with Crippen LogP contribution in [0.1, 0.15) is 12.5 Å². The third-order valence-corrected chi connectivity index (χ3v) is 7.48. The monoisotopic (exact) mass is 474 g/mol. The van der Waals surface area contributed by atoms with Gasteiger partial charge in [-0.3, -0.25) is 0 Å². The van der Waals surface area contributed by atoms with Gasteiger partial charge >= 0.3 is 0 Å². The van der Waals surface area contributed by atoms with Gasteiger partial charge in [0, 0.05) is 32.9 Å². The minimum Gasteiger partial charge on any atom is -0.309 e. The number of fused-ring (bicyclic) bond motifs is 7. The maximum Gasteiger partial charge on any atom is 0.0548 e. The molecule has 2 heterocycles. The van der Waals surface area contributed by atoms with Crippen molar-refractivity contribution in [1.29, 1.82) is 0 Å². The summed E-state index contributed by atoms with van der Waals surface area (Å²) in [5.74, 6) is 0. The van der Waals surface area contributed by atoms with Crippen molar-refractivity contribution in [2.45, 2.75) is 6.92 Å². The Morgan fingerprint density at radius 3 is 1.54 bits per heavy atom. The van der Waals surface area contributed by atoms with E-state index >= 15 is 0 Å². The van der Waals surface area contributed by atoms with Crippen molar-refractivity contribution in [3.05, 3.63) is 140 Å². The Hall–Kier alpha value is -4.82. The average molecular weight is 475 g/mol. The number of hydrogen-bond donors (Lipinski definition) is 0. The van der Waals surface area contributed by atoms with Crippen molar-refractivity contribution < 1.29 is 0 Å². The van der Waals surface area contributed by atoms with E-state index < -0.39 is 0 Å². The predicted molar refractivity (Wildman–Crippen MR) is 159 cm³/mol. The second-order valence-electron chi connectivity index (χ2n) is 9.39. The zero-order valence-corrected chi connectivity index (χ0v) is 20.7. The molecule has 0 N–H and O–H groups in total. The molecule has 0 saturated heterocycles. The van der Waals surface area contributed by atoms with Crippen LogP contribution in [-0.2, 0) is 0 Å². The largest absolute Gasteiger partial charge is 0.309 e. The van der Waals surface area contributed by atoms with E-state index in [0.29, 0.717) is 0 Å². The molecule has 0 atom stereocenters. The topological polar surface area (TPSA) is 9.86 Å². The van der Waals surface area contributed by atoms with Gasteiger partial charge < -0.3 is 9.13 Å². The van der Waals surface area contributed by atoms with Crippen LogP contribution in [0.3, 0.4) is 0 Å². The molecule has 2 heteroatoms. The Kier molecular flexibility index (Phi) is 4.87. The Bertz CT molecular complexity index is 1980. The number of nitrogens with zero attached hydrogens (tertiary/aromatic N) is 2. The lowest BCUT2D eigenvalue weighted by atomic mass is 10.1. The number of allylic oxidation sites excluding steroid dienone is 3. The van der Waals surface area contributed by atoms with E-state index in [0.717, 1.165) is 11.3 Å². The van der Waals surface area contributed by atoms with Crippen molar-refractivity contribution in [2.24, 2.45) is 0 Å². The molecule has 37 heavy (non-hydrogen) atoms. The molecule has 0 fully saturated rings. The van der Waals surface area contributed by atoms with Gasteiger partial charge in [-0.05, 0) is 66.6 Å². The first-order valence-electron chi connectivity index (χ1n) is 12.7. The second-order valence-corrected chi connectivity index (χ2v) is 9.39. The minimum atomic E-state index is 1.14. The molecule has 0 aliphatic heterocycles. The number of hydrogen-bond acceptors (Lipinski definition) is 0. The first-order valence-corrected chi connectivity index (χ1v) is 12.7. The Morgan fingerprint density at radius 1 is 0.541 bits per heavy atom. The summed E-state index contributed by atoms with van der Waals surface area (Å²) in [5.41, 5.74) is 9.52. The molecule has 0 aliphatic rings. The molecular formula is C35H26N2. The van der Waals surface area contributed by atoms with Crippen molar-refractivity contribution in [2.75, 3.05) is 0 Å². The van der Waals surface area contributed by atoms with Crippen LogP contribution in [0, 0.1) is 0 Å². The lowest BCUT2D eigenvalue weighted by Gasteiger charge is -2.10. The van der Waals surface area contributed by atoms with Crippen LogP contribution in [0.2, 0.25) is 0 Å². The van der Waals surface area contributed by atoms with Crippen LogP contribution in [0.4, 0.5) is 0 Å². The second kappa shape index (κ2) is 8.39. The third kappa shape index (κ3) is 3.12. The maximum atomic E-state index is 3.96. The highest BCUT2D eigenvalue weighted by Gasteiger charge is 2.20. The van der Waals surface area contributed by atoms with Gasteiger partial charge in [0.15, 0.2) is 0 Å². The highest BCUT2D eigenvalue weighted by atomic mass is 15.0. The van der Waals surface area contributed by atoms with Crippen LogP contribution < -0.4 is 0 Å². The van der Waals surface area contributed by atoms with Crippen molar-refractivity contribution in [1.82, 2.24) is 9.13 Å². The summed E-state index contributed by atoms with van der Waals surface area (Å²) in [6.45, 7) is 6.02. The van der Waals surface area contributed by atoms with E-state index in [1.54, 1.807) is 0 Å². The fourth-order valence-corrected chi connectivity index (χ4v) is 5.86. The summed E-state index contributed by atoms with van der Waals surface area (Å²) in [4.78, 5) is 0. The summed E-state index contributed by atoms with van der Waals surface area (Å²) < 4.78 is 4.78. The zero-order valence-electron chi connectivity index (χ0n) is 20.7. The first-order chi connectivity index (χ1) is 18.3. The molecule has 0 amide bonds. The van der Waals surface area contributed by atoms with Gasteiger partial charge in [0.05, 0.1) is 22.1 Å². The van der Waals surface area contributed by atoms with E-state index in [2.05, 4.69) is 144 Å². The summed E-state index contributed by atoms with van der Waals surface area (Å²) in [6.07, 6.45) is 4.01. The third-order valence-electron chi connectivity index (χ3n) is 7.48. The van der Waals surface area contributed by atoms with Gasteiger partial charge in [-0.1, -0.05) is 85.5 Å². The van der Waals surface area contributed by atoms with Gasteiger partial charge in [-0.2, -0.15) is 0 Å². The predicted octanol–water partition coefficient (Wildman–Crippen LogP) is 9.47. The average Bonchev–Trinajstić information content (AvgIpc) is 3.47. The molecule has 7 aromatic rings. The van der Waals surface area contributed by atoms with E-state index in [1.165, 1.54) is 54.9 Å². The highest BCUT2D eigenvalue weighted by molar-refractivity contribution is 6.28. The van der Waals surface area contributed by atoms with Gasteiger partial charge in [0.25, 0.3) is 0 Å². The summed E-state index contributed by atoms with van der Waals surface area (Å²) >= 11 is 0. The van der Waals surface area contributed by atoms with E-state index in [4.69, 9.17) is 0 Å². The van der Waals surface area contributed by atoms with Crippen LogP contribution in [0.15, 0.2) is 134 Å². The van der Waals surface area contributed by atoms with Gasteiger partial charge in [-0.25, -0.2) is 0 Å². The van der Waals surface area contributed by atoms with Crippen molar-refractivity contribution in [3.8, 4) is 11.4 Å². The lowest BCUT2D eigenvalue weighted by molar-refractivity contribution is 1.17. The van der Waals surface area contributed by atoms with Gasteiger partial charge in [0.2, 0.25) is 0 Å². The maximum absolute atomic E-state index is 3.96. The number of rotatable bonds is 4. The van der Waals surface area contributed by atoms with Crippen LogP contribution in [0.5, 0.6) is 0 Å². The minimum absolute atomic E-state index is 1.14. The molecule has 0 bridgehead atoms. The zero-order chi connectivity index (χ0) is 24.9. The molecule has 0 saturated carbocycles. The lowest BCUT2D eigenvalue weighted by Crippen LogP contribution is -1.95. The molecule has 0 radical (unpaired) electrons. The summed E-state index contributed by atoms with van der Waals surface area (Å²) in [6, 6.07) is 41.5. The summed E-state index contributed by atoms with van der Waals surface area (Å²) in [5, 5.41) is 5.13. The molecule has 2 nitrogen and oxygen atoms in total. The molecule has 7 rings (SSSR count). The SMILES string of the molecule is C=C/C(=C\C)c1ccc(-n2c3ccccc3c3c4c5ccccc5n(-c5ccccc5)c4ccc32)cc1. The van der Waals surface area contributed by atoms with Crippen LogP contribution >= 0.6 is 0 Å². The quantitative estimate of drug-likeness (QED) is 0.225. The fourth-order valence-electron chi connectivity index (χ4n) is 5.86. The molecule has 0 unspecified atom stereocenters. The number of para-hydroxylation sites is 3.